The third-order valence-corrected chi connectivity index (χ3v) is 4.62. The van der Waals surface area contributed by atoms with Crippen LogP contribution in [0, 0.1) is 6.92 Å². The normalized spacial score (nSPS) is 16.0. The van der Waals surface area contributed by atoms with Crippen molar-refractivity contribution in [2.24, 2.45) is 7.05 Å². The molecule has 2 aromatic heterocycles. The third kappa shape index (κ3) is 1.96. The van der Waals surface area contributed by atoms with Gasteiger partial charge in [-0.25, -0.2) is 9.97 Å². The minimum atomic E-state index is -0.123. The van der Waals surface area contributed by atoms with Crippen LogP contribution in [0.15, 0.2) is 30.6 Å². The Labute approximate surface area is 133 Å². The van der Waals surface area contributed by atoms with Crippen molar-refractivity contribution in [3.63, 3.8) is 0 Å². The van der Waals surface area contributed by atoms with Crippen molar-refractivity contribution in [3.8, 4) is 0 Å². The Morgan fingerprint density at radius 1 is 1.23 bits per heavy atom. The van der Waals surface area contributed by atoms with Crippen molar-refractivity contribution in [2.45, 2.75) is 25.3 Å². The predicted octanol–water partition coefficient (Wildman–Crippen LogP) is 3.43. The van der Waals surface area contributed by atoms with Gasteiger partial charge in [0.1, 0.15) is 12.1 Å². The molecule has 1 aliphatic rings. The zero-order valence-electron chi connectivity index (χ0n) is 12.5. The van der Waals surface area contributed by atoms with E-state index in [-0.39, 0.29) is 5.54 Å². The van der Waals surface area contributed by atoms with Gasteiger partial charge in [0.2, 0.25) is 0 Å². The number of hydrogen-bond acceptors (Lipinski definition) is 4. The molecule has 1 aromatic carbocycles. The first-order chi connectivity index (χ1) is 10.6. The van der Waals surface area contributed by atoms with Gasteiger partial charge in [0, 0.05) is 12.1 Å². The molecule has 0 bridgehead atoms. The number of nitrogens with one attached hydrogen (secondary N) is 1. The molecule has 3 aromatic rings. The molecule has 0 spiro atoms. The van der Waals surface area contributed by atoms with Gasteiger partial charge in [-0.2, -0.15) is 5.10 Å². The number of aromatic nitrogens is 4. The van der Waals surface area contributed by atoms with Crippen LogP contribution in [0.4, 0.5) is 5.82 Å². The van der Waals surface area contributed by atoms with Crippen LogP contribution in [-0.2, 0) is 12.6 Å². The molecule has 0 saturated heterocycles. The number of halogens is 1. The van der Waals surface area contributed by atoms with E-state index in [0.717, 1.165) is 46.0 Å². The molecule has 6 heteroatoms. The van der Waals surface area contributed by atoms with Crippen LogP contribution in [-0.4, -0.2) is 19.7 Å². The van der Waals surface area contributed by atoms with Crippen LogP contribution in [0.25, 0.3) is 11.0 Å². The molecule has 1 fully saturated rings. The van der Waals surface area contributed by atoms with Crippen molar-refractivity contribution in [1.82, 2.24) is 19.7 Å². The Morgan fingerprint density at radius 3 is 2.73 bits per heavy atom. The number of benzene rings is 1. The van der Waals surface area contributed by atoms with Crippen LogP contribution in [0.1, 0.15) is 24.1 Å². The maximum atomic E-state index is 6.38. The summed E-state index contributed by atoms with van der Waals surface area (Å²) in [6, 6.07) is 7.99. The quantitative estimate of drug-likeness (QED) is 0.805. The van der Waals surface area contributed by atoms with E-state index >= 15 is 0 Å². The number of rotatable bonds is 3. The molecule has 2 heterocycles. The third-order valence-electron chi connectivity index (χ3n) is 4.29. The number of fused-ring (bicyclic) bond motifs is 1. The van der Waals surface area contributed by atoms with E-state index in [0.29, 0.717) is 0 Å². The summed E-state index contributed by atoms with van der Waals surface area (Å²) in [4.78, 5) is 8.77. The summed E-state index contributed by atoms with van der Waals surface area (Å²) >= 11 is 6.38. The molecule has 0 amide bonds. The van der Waals surface area contributed by atoms with Gasteiger partial charge in [-0.15, -0.1) is 0 Å². The van der Waals surface area contributed by atoms with E-state index in [2.05, 4.69) is 26.4 Å². The highest BCUT2D eigenvalue weighted by Crippen LogP contribution is 2.50. The minimum absolute atomic E-state index is 0.123. The van der Waals surface area contributed by atoms with Gasteiger partial charge in [-0.3, -0.25) is 4.68 Å². The first-order valence-corrected chi connectivity index (χ1v) is 7.66. The molecule has 0 atom stereocenters. The highest BCUT2D eigenvalue weighted by atomic mass is 35.5. The summed E-state index contributed by atoms with van der Waals surface area (Å²) in [6.07, 6.45) is 3.66. The molecular weight excluding hydrogens is 298 g/mol. The lowest BCUT2D eigenvalue weighted by Crippen LogP contribution is -2.20. The summed E-state index contributed by atoms with van der Waals surface area (Å²) in [5, 5.41) is 9.80. The Hall–Kier alpha value is -2.14. The van der Waals surface area contributed by atoms with Crippen molar-refractivity contribution >= 4 is 28.5 Å². The standard InChI is InChI=1S/C16H16ClN5/c1-10-13-14(18-9-19-15(13)22(2)21-10)20-16(7-8-16)11-5-3-4-6-12(11)17/h3-6,9H,7-8H2,1-2H3,(H,18,19,20). The summed E-state index contributed by atoms with van der Waals surface area (Å²) < 4.78 is 1.78. The fourth-order valence-electron chi connectivity index (χ4n) is 3.03. The zero-order valence-corrected chi connectivity index (χ0v) is 13.2. The number of anilines is 1. The lowest BCUT2D eigenvalue weighted by molar-refractivity contribution is 0.772. The number of hydrogen-bond donors (Lipinski definition) is 1. The molecule has 1 saturated carbocycles. The SMILES string of the molecule is Cc1nn(C)c2ncnc(NC3(c4ccccc4Cl)CC3)c12. The lowest BCUT2D eigenvalue weighted by Gasteiger charge is -2.20. The molecule has 5 nitrogen and oxygen atoms in total. The fourth-order valence-corrected chi connectivity index (χ4v) is 3.35. The molecule has 0 aliphatic heterocycles. The zero-order chi connectivity index (χ0) is 15.3. The fraction of sp³-hybridized carbons (Fsp3) is 0.312. The van der Waals surface area contributed by atoms with Crippen LogP contribution in [0.5, 0.6) is 0 Å². The summed E-state index contributed by atoms with van der Waals surface area (Å²) in [5.74, 6) is 0.827. The molecule has 0 radical (unpaired) electrons. The van der Waals surface area contributed by atoms with Gasteiger partial charge >= 0.3 is 0 Å². The van der Waals surface area contributed by atoms with Crippen LogP contribution in [0.3, 0.4) is 0 Å². The molecule has 1 N–H and O–H groups in total. The van der Waals surface area contributed by atoms with E-state index in [1.807, 2.05) is 32.2 Å². The Kier molecular flexibility index (Phi) is 2.87. The van der Waals surface area contributed by atoms with Crippen molar-refractivity contribution in [3.05, 3.63) is 46.9 Å². The molecule has 0 unspecified atom stereocenters. The van der Waals surface area contributed by atoms with Gasteiger partial charge in [-0.05, 0) is 31.4 Å². The molecule has 22 heavy (non-hydrogen) atoms. The van der Waals surface area contributed by atoms with Crippen molar-refractivity contribution in [1.29, 1.82) is 0 Å². The second kappa shape index (κ2) is 4.68. The smallest absolute Gasteiger partial charge is 0.163 e. The van der Waals surface area contributed by atoms with Crippen molar-refractivity contribution in [2.75, 3.05) is 5.32 Å². The highest BCUT2D eigenvalue weighted by molar-refractivity contribution is 6.31. The maximum absolute atomic E-state index is 6.38. The van der Waals surface area contributed by atoms with E-state index < -0.39 is 0 Å². The molecule has 112 valence electrons. The van der Waals surface area contributed by atoms with Crippen LogP contribution >= 0.6 is 11.6 Å². The number of nitrogens with zero attached hydrogens (tertiary/aromatic N) is 4. The van der Waals surface area contributed by atoms with E-state index in [4.69, 9.17) is 11.6 Å². The van der Waals surface area contributed by atoms with Gasteiger partial charge in [0.05, 0.1) is 16.6 Å². The Morgan fingerprint density at radius 2 is 2.00 bits per heavy atom. The predicted molar refractivity (Wildman–Crippen MR) is 87.0 cm³/mol. The maximum Gasteiger partial charge on any atom is 0.163 e. The lowest BCUT2D eigenvalue weighted by atomic mass is 10.0. The Bertz CT molecular complexity index is 866. The largest absolute Gasteiger partial charge is 0.360 e. The van der Waals surface area contributed by atoms with E-state index in [9.17, 15) is 0 Å². The van der Waals surface area contributed by atoms with Crippen molar-refractivity contribution < 1.29 is 0 Å². The topological polar surface area (TPSA) is 55.6 Å². The number of aryl methyl sites for hydroxylation is 2. The summed E-state index contributed by atoms with van der Waals surface area (Å²) in [5.41, 5.74) is 2.77. The first-order valence-electron chi connectivity index (χ1n) is 7.28. The highest BCUT2D eigenvalue weighted by Gasteiger charge is 2.46. The summed E-state index contributed by atoms with van der Waals surface area (Å²) in [6.45, 7) is 1.98. The Balaban J connectivity index is 1.80. The molecule has 4 rings (SSSR count). The monoisotopic (exact) mass is 313 g/mol. The molecule has 1 aliphatic carbocycles. The van der Waals surface area contributed by atoms with E-state index in [1.54, 1.807) is 11.0 Å². The summed E-state index contributed by atoms with van der Waals surface area (Å²) in [7, 11) is 1.90. The average Bonchev–Trinajstić information content (AvgIpc) is 3.21. The second-order valence-electron chi connectivity index (χ2n) is 5.82. The van der Waals surface area contributed by atoms with Gasteiger partial charge in [0.15, 0.2) is 5.65 Å². The van der Waals surface area contributed by atoms with Gasteiger partial charge in [0.25, 0.3) is 0 Å². The molecular formula is C16H16ClN5. The second-order valence-corrected chi connectivity index (χ2v) is 6.22. The van der Waals surface area contributed by atoms with E-state index in [1.165, 1.54) is 0 Å². The van der Waals surface area contributed by atoms with Gasteiger partial charge in [-0.1, -0.05) is 29.8 Å². The first kappa shape index (κ1) is 13.5. The van der Waals surface area contributed by atoms with Gasteiger partial charge < -0.3 is 5.32 Å². The van der Waals surface area contributed by atoms with Crippen LogP contribution in [0.2, 0.25) is 5.02 Å². The minimum Gasteiger partial charge on any atom is -0.360 e. The van der Waals surface area contributed by atoms with Crippen LogP contribution < -0.4 is 5.32 Å². The average molecular weight is 314 g/mol.